The first-order valence-electron chi connectivity index (χ1n) is 6.46. The van der Waals surface area contributed by atoms with E-state index in [9.17, 15) is 0 Å². The first-order valence-corrected chi connectivity index (χ1v) is 8.45. The lowest BCUT2D eigenvalue weighted by Crippen LogP contribution is -2.14. The van der Waals surface area contributed by atoms with Crippen LogP contribution in [0.1, 0.15) is 65.2 Å². The Bertz CT molecular complexity index is 106. The van der Waals surface area contributed by atoms with E-state index in [2.05, 4.69) is 20.4 Å². The van der Waals surface area contributed by atoms with Crippen LogP contribution < -0.4 is 0 Å². The average Bonchev–Trinajstić information content (AvgIpc) is 2.20. The molecule has 0 aliphatic carbocycles. The van der Waals surface area contributed by atoms with Gasteiger partial charge in [0, 0.05) is 6.10 Å². The molecule has 1 unspecified atom stereocenters. The Morgan fingerprint density at radius 3 is 2.14 bits per heavy atom. The fourth-order valence-corrected chi connectivity index (χ4v) is 2.58. The molecule has 0 aliphatic heterocycles. The van der Waals surface area contributed by atoms with Crippen LogP contribution in [0.3, 0.4) is 0 Å². The van der Waals surface area contributed by atoms with Crippen LogP contribution >= 0.6 is 0 Å². The molecule has 0 saturated heterocycles. The van der Waals surface area contributed by atoms with Crippen molar-refractivity contribution >= 4 is 9.76 Å². The molecular formula is C12H28OSi. The average molecular weight is 216 g/mol. The predicted octanol–water partition coefficient (Wildman–Crippen LogP) is 3.66. The third kappa shape index (κ3) is 8.76. The van der Waals surface area contributed by atoms with Gasteiger partial charge in [0.05, 0.1) is 0 Å². The number of hydrogen-bond donors (Lipinski definition) is 0. The Kier molecular flexibility index (Phi) is 11.4. The Hall–Kier alpha value is 0.177. The van der Waals surface area contributed by atoms with Crippen molar-refractivity contribution in [3.63, 3.8) is 0 Å². The van der Waals surface area contributed by atoms with Crippen molar-refractivity contribution in [2.75, 3.05) is 0 Å². The van der Waals surface area contributed by atoms with Crippen molar-refractivity contribution in [2.45, 2.75) is 77.9 Å². The standard InChI is InChI=1S/C12H28OSi/c1-4-6-8-9-11-12(13-14-3)10-7-5-2/h12H,4-11,14H2,1-3H3. The van der Waals surface area contributed by atoms with Crippen LogP contribution in [0.25, 0.3) is 0 Å². The number of unbranched alkanes of at least 4 members (excludes halogenated alkanes) is 4. The van der Waals surface area contributed by atoms with Gasteiger partial charge in [0.15, 0.2) is 9.76 Å². The minimum Gasteiger partial charge on any atom is -0.421 e. The van der Waals surface area contributed by atoms with Crippen molar-refractivity contribution in [3.05, 3.63) is 0 Å². The maximum absolute atomic E-state index is 5.86. The van der Waals surface area contributed by atoms with E-state index >= 15 is 0 Å². The quantitative estimate of drug-likeness (QED) is 0.400. The normalized spacial score (nSPS) is 13.9. The summed E-state index contributed by atoms with van der Waals surface area (Å²) in [5, 5.41) is 0. The van der Waals surface area contributed by atoms with Crippen molar-refractivity contribution in [1.29, 1.82) is 0 Å². The third-order valence-electron chi connectivity index (χ3n) is 2.66. The molecule has 1 nitrogen and oxygen atoms in total. The summed E-state index contributed by atoms with van der Waals surface area (Å²) in [4.78, 5) is 0. The molecule has 0 amide bonds. The third-order valence-corrected chi connectivity index (χ3v) is 3.47. The zero-order valence-electron chi connectivity index (χ0n) is 10.3. The molecule has 86 valence electrons. The molecule has 0 aromatic rings. The number of hydrogen-bond acceptors (Lipinski definition) is 1. The highest BCUT2D eigenvalue weighted by atomic mass is 28.2. The van der Waals surface area contributed by atoms with Gasteiger partial charge in [0.1, 0.15) is 0 Å². The molecule has 0 rings (SSSR count). The summed E-state index contributed by atoms with van der Waals surface area (Å²) in [6.45, 7) is 6.77. The molecule has 0 fully saturated rings. The molecular weight excluding hydrogens is 188 g/mol. The molecule has 0 aliphatic rings. The molecule has 0 saturated carbocycles. The van der Waals surface area contributed by atoms with E-state index in [1.807, 2.05) is 0 Å². The minimum atomic E-state index is -0.201. The molecule has 0 aromatic heterocycles. The maximum Gasteiger partial charge on any atom is 0.158 e. The van der Waals surface area contributed by atoms with Crippen LogP contribution in [0.4, 0.5) is 0 Å². The highest BCUT2D eigenvalue weighted by molar-refractivity contribution is 6.24. The fourth-order valence-electron chi connectivity index (χ4n) is 1.78. The van der Waals surface area contributed by atoms with Gasteiger partial charge in [-0.05, 0) is 12.8 Å². The van der Waals surface area contributed by atoms with E-state index in [1.54, 1.807) is 0 Å². The van der Waals surface area contributed by atoms with Gasteiger partial charge < -0.3 is 4.43 Å². The highest BCUT2D eigenvalue weighted by Gasteiger charge is 2.06. The summed E-state index contributed by atoms with van der Waals surface area (Å²) in [6.07, 6.45) is 11.3. The van der Waals surface area contributed by atoms with Gasteiger partial charge in [-0.3, -0.25) is 0 Å². The van der Waals surface area contributed by atoms with Gasteiger partial charge in [-0.1, -0.05) is 58.9 Å². The van der Waals surface area contributed by atoms with Crippen molar-refractivity contribution in [3.8, 4) is 0 Å². The Balaban J connectivity index is 3.40. The van der Waals surface area contributed by atoms with Gasteiger partial charge in [0.2, 0.25) is 0 Å². The van der Waals surface area contributed by atoms with Crippen LogP contribution in [-0.4, -0.2) is 15.9 Å². The van der Waals surface area contributed by atoms with Crippen LogP contribution in [-0.2, 0) is 4.43 Å². The molecule has 0 radical (unpaired) electrons. The van der Waals surface area contributed by atoms with E-state index in [1.165, 1.54) is 51.4 Å². The molecule has 0 bridgehead atoms. The summed E-state index contributed by atoms with van der Waals surface area (Å²) in [6, 6.07) is 0. The van der Waals surface area contributed by atoms with Gasteiger partial charge in [-0.2, -0.15) is 0 Å². The second-order valence-electron chi connectivity index (χ2n) is 4.07. The second-order valence-corrected chi connectivity index (χ2v) is 4.98. The van der Waals surface area contributed by atoms with Crippen LogP contribution in [0.15, 0.2) is 0 Å². The maximum atomic E-state index is 5.86. The van der Waals surface area contributed by atoms with E-state index in [0.29, 0.717) is 6.10 Å². The SMILES string of the molecule is CCCCCCC(CCCC)O[SiH2]C. The first-order chi connectivity index (χ1) is 6.85. The summed E-state index contributed by atoms with van der Waals surface area (Å²) in [5.74, 6) is 0. The van der Waals surface area contributed by atoms with E-state index in [4.69, 9.17) is 4.43 Å². The summed E-state index contributed by atoms with van der Waals surface area (Å²) >= 11 is 0. The predicted molar refractivity (Wildman–Crippen MR) is 67.6 cm³/mol. The summed E-state index contributed by atoms with van der Waals surface area (Å²) in [5.41, 5.74) is 0. The Morgan fingerprint density at radius 2 is 1.57 bits per heavy atom. The second kappa shape index (κ2) is 11.3. The van der Waals surface area contributed by atoms with E-state index in [-0.39, 0.29) is 9.76 Å². The van der Waals surface area contributed by atoms with Crippen LogP contribution in [0, 0.1) is 0 Å². The first kappa shape index (κ1) is 14.2. The van der Waals surface area contributed by atoms with Gasteiger partial charge in [-0.15, -0.1) is 0 Å². The zero-order chi connectivity index (χ0) is 10.6. The molecule has 14 heavy (non-hydrogen) atoms. The molecule has 1 atom stereocenters. The molecule has 0 heterocycles. The van der Waals surface area contributed by atoms with E-state index in [0.717, 1.165) is 0 Å². The minimum absolute atomic E-state index is 0.201. The Labute approximate surface area is 92.6 Å². The lowest BCUT2D eigenvalue weighted by molar-refractivity contribution is 0.183. The largest absolute Gasteiger partial charge is 0.421 e. The van der Waals surface area contributed by atoms with Crippen LogP contribution in [0.2, 0.25) is 6.55 Å². The molecule has 2 heteroatoms. The van der Waals surface area contributed by atoms with Crippen molar-refractivity contribution < 1.29 is 4.43 Å². The van der Waals surface area contributed by atoms with Gasteiger partial charge >= 0.3 is 0 Å². The molecule has 0 N–H and O–H groups in total. The lowest BCUT2D eigenvalue weighted by atomic mass is 10.1. The topological polar surface area (TPSA) is 9.23 Å². The fraction of sp³-hybridized carbons (Fsp3) is 1.00. The summed E-state index contributed by atoms with van der Waals surface area (Å²) < 4.78 is 5.86. The Morgan fingerprint density at radius 1 is 0.929 bits per heavy atom. The zero-order valence-corrected chi connectivity index (χ0v) is 11.8. The van der Waals surface area contributed by atoms with Gasteiger partial charge in [0.25, 0.3) is 0 Å². The highest BCUT2D eigenvalue weighted by Crippen LogP contribution is 2.13. The van der Waals surface area contributed by atoms with Gasteiger partial charge in [-0.25, -0.2) is 0 Å². The summed E-state index contributed by atoms with van der Waals surface area (Å²) in [7, 11) is -0.201. The smallest absolute Gasteiger partial charge is 0.158 e. The molecule has 0 aromatic carbocycles. The van der Waals surface area contributed by atoms with Crippen molar-refractivity contribution in [2.24, 2.45) is 0 Å². The number of rotatable bonds is 10. The van der Waals surface area contributed by atoms with Crippen molar-refractivity contribution in [1.82, 2.24) is 0 Å². The molecule has 0 spiro atoms. The lowest BCUT2D eigenvalue weighted by Gasteiger charge is -2.16. The van der Waals surface area contributed by atoms with Crippen LogP contribution in [0.5, 0.6) is 0 Å². The monoisotopic (exact) mass is 216 g/mol. The van der Waals surface area contributed by atoms with E-state index < -0.39 is 0 Å².